The predicted octanol–water partition coefficient (Wildman–Crippen LogP) is 5.28. The van der Waals surface area contributed by atoms with Crippen molar-refractivity contribution in [1.82, 2.24) is 0 Å². The largest absolute Gasteiger partial charge is 0.166 e. The Balaban J connectivity index is 2.23. The topological polar surface area (TPSA) is 0 Å². The summed E-state index contributed by atoms with van der Waals surface area (Å²) in [7, 11) is 0. The van der Waals surface area contributed by atoms with Gasteiger partial charge in [-0.2, -0.15) is 0 Å². The normalized spacial score (nSPS) is 24.9. The van der Waals surface area contributed by atoms with Crippen molar-refractivity contribution in [2.45, 2.75) is 51.9 Å². The molecule has 1 atom stereocenters. The molecule has 0 bridgehead atoms. The second-order valence-corrected chi connectivity index (χ2v) is 22.6. The van der Waals surface area contributed by atoms with Crippen molar-refractivity contribution in [3.8, 4) is 0 Å². The molecule has 1 unspecified atom stereocenters. The summed E-state index contributed by atoms with van der Waals surface area (Å²) in [6.07, 6.45) is 2.39. The molecule has 0 spiro atoms. The highest BCUT2D eigenvalue weighted by Crippen LogP contribution is 2.96. The van der Waals surface area contributed by atoms with Gasteiger partial charge < -0.3 is 0 Å². The number of thiol groups is 1. The molecule has 0 amide bonds. The number of aryl methyl sites for hydroxylation is 2. The van der Waals surface area contributed by atoms with Crippen molar-refractivity contribution in [1.29, 1.82) is 0 Å². The maximum atomic E-state index is 6.34. The molecule has 116 valence electrons. The Morgan fingerprint density at radius 3 is 2.05 bits per heavy atom. The van der Waals surface area contributed by atoms with E-state index in [9.17, 15) is 0 Å². The van der Waals surface area contributed by atoms with Crippen LogP contribution in [-0.2, 0) is 24.6 Å². The lowest BCUT2D eigenvalue weighted by molar-refractivity contribution is 1.01. The fourth-order valence-corrected chi connectivity index (χ4v) is 27.4. The highest BCUT2D eigenvalue weighted by Gasteiger charge is 2.62. The van der Waals surface area contributed by atoms with E-state index in [1.165, 1.54) is 34.7 Å². The first-order valence-electron chi connectivity index (χ1n) is 8.13. The van der Waals surface area contributed by atoms with Gasteiger partial charge in [-0.15, -0.1) is 0 Å². The number of benzene rings is 2. The highest BCUT2D eigenvalue weighted by atomic mass is 33.1. The quantitative estimate of drug-likeness (QED) is 0.558. The maximum Gasteiger partial charge on any atom is 0.166 e. The van der Waals surface area contributed by atoms with Gasteiger partial charge in [-0.25, -0.2) is 0 Å². The number of rotatable bonds is 2. The average Bonchev–Trinajstić information content (AvgIpc) is 2.92. The fourth-order valence-electron chi connectivity index (χ4n) is 4.94. The SMILES string of the molecule is CC(C)[P+]1(C(C)C)c2ccc3c4c(ccc(c24)P1(=S)S)CC3. The lowest BCUT2D eigenvalue weighted by atomic mass is 10.1. The molecule has 0 radical (unpaired) electrons. The van der Waals surface area contributed by atoms with E-state index in [1.54, 1.807) is 10.7 Å². The van der Waals surface area contributed by atoms with E-state index < -0.39 is 11.9 Å². The standard InChI is InChI=1S/C18H22P2S2/c1-11(2)19(12(3)4)15-9-7-13-5-6-14-8-10-16(20(19,21)22)18(15)17(13)14/h7-12H,5-6H2,1-4H3/p+1. The molecule has 1 aliphatic carbocycles. The van der Waals surface area contributed by atoms with Gasteiger partial charge in [0.25, 0.3) is 0 Å². The molecule has 1 heterocycles. The van der Waals surface area contributed by atoms with Crippen LogP contribution in [0.3, 0.4) is 0 Å². The molecule has 2 aromatic rings. The Hall–Kier alpha value is 0.130. The van der Waals surface area contributed by atoms with Crippen molar-refractivity contribution in [3.63, 3.8) is 0 Å². The van der Waals surface area contributed by atoms with E-state index in [-0.39, 0.29) is 0 Å². The van der Waals surface area contributed by atoms with Crippen LogP contribution in [0.25, 0.3) is 10.8 Å². The summed E-state index contributed by atoms with van der Waals surface area (Å²) in [5, 5.41) is 6.11. The zero-order valence-electron chi connectivity index (χ0n) is 13.6. The van der Waals surface area contributed by atoms with Gasteiger partial charge in [-0.05, 0) is 81.0 Å². The third kappa shape index (κ3) is 1.59. The van der Waals surface area contributed by atoms with Crippen LogP contribution in [0.2, 0.25) is 0 Å². The maximum absolute atomic E-state index is 6.34. The first-order valence-corrected chi connectivity index (χ1v) is 14.7. The Labute approximate surface area is 144 Å². The minimum Gasteiger partial charge on any atom is -0.0988 e. The van der Waals surface area contributed by atoms with Crippen molar-refractivity contribution >= 4 is 57.3 Å². The first-order chi connectivity index (χ1) is 10.3. The molecule has 0 fully saturated rings. The third-order valence-electron chi connectivity index (χ3n) is 5.68. The van der Waals surface area contributed by atoms with Crippen LogP contribution in [0.5, 0.6) is 0 Å². The molecule has 2 aliphatic rings. The summed E-state index contributed by atoms with van der Waals surface area (Å²) < 4.78 is 0. The molecule has 4 rings (SSSR count). The summed E-state index contributed by atoms with van der Waals surface area (Å²) in [4.78, 5) is -1.83. The predicted molar refractivity (Wildman–Crippen MR) is 111 cm³/mol. The lowest BCUT2D eigenvalue weighted by Gasteiger charge is -2.36. The molecule has 0 saturated carbocycles. The monoisotopic (exact) mass is 365 g/mol. The summed E-state index contributed by atoms with van der Waals surface area (Å²) >= 11 is 11.6. The van der Waals surface area contributed by atoms with Crippen LogP contribution in [0, 0.1) is 0 Å². The second-order valence-electron chi connectivity index (χ2n) is 7.21. The van der Waals surface area contributed by atoms with Crippen LogP contribution < -0.4 is 10.6 Å². The van der Waals surface area contributed by atoms with Gasteiger partial charge in [0.1, 0.15) is 5.30 Å². The van der Waals surface area contributed by atoms with Crippen LogP contribution in [0.1, 0.15) is 38.8 Å². The zero-order valence-corrected chi connectivity index (χ0v) is 17.1. The Kier molecular flexibility index (Phi) is 3.43. The van der Waals surface area contributed by atoms with E-state index in [4.69, 9.17) is 24.1 Å². The summed E-state index contributed by atoms with van der Waals surface area (Å²) in [5.41, 5.74) is 4.29. The Bertz CT molecular complexity index is 834. The van der Waals surface area contributed by atoms with Crippen molar-refractivity contribution in [2.75, 3.05) is 0 Å². The molecule has 0 N–H and O–H groups in total. The second kappa shape index (κ2) is 4.82. The van der Waals surface area contributed by atoms with Gasteiger partial charge in [0, 0.05) is 10.7 Å². The minimum absolute atomic E-state index is 0.612. The number of hydrogen-bond donors (Lipinski definition) is 1. The van der Waals surface area contributed by atoms with Crippen molar-refractivity contribution in [2.24, 2.45) is 0 Å². The van der Waals surface area contributed by atoms with E-state index in [2.05, 4.69) is 52.0 Å². The van der Waals surface area contributed by atoms with Gasteiger partial charge in [-0.3, -0.25) is 0 Å². The van der Waals surface area contributed by atoms with Gasteiger partial charge >= 0.3 is 0 Å². The smallest absolute Gasteiger partial charge is 0.0988 e. The van der Waals surface area contributed by atoms with Gasteiger partial charge in [0.05, 0.1) is 18.3 Å². The van der Waals surface area contributed by atoms with Crippen LogP contribution in [-0.4, -0.2) is 11.3 Å². The van der Waals surface area contributed by atoms with Crippen LogP contribution in [0.4, 0.5) is 0 Å². The Morgan fingerprint density at radius 1 is 0.955 bits per heavy atom. The molecule has 4 heteroatoms. The van der Waals surface area contributed by atoms with Crippen molar-refractivity contribution in [3.05, 3.63) is 35.4 Å². The molecular weight excluding hydrogens is 342 g/mol. The molecular formula is C18H23P2S2+. The van der Waals surface area contributed by atoms with Crippen LogP contribution >= 0.6 is 24.1 Å². The fraction of sp³-hybridized carbons (Fsp3) is 0.444. The van der Waals surface area contributed by atoms with Crippen LogP contribution in [0.15, 0.2) is 24.3 Å². The Morgan fingerprint density at radius 2 is 1.50 bits per heavy atom. The molecule has 0 saturated heterocycles. The molecule has 0 aromatic heterocycles. The first kappa shape index (κ1) is 15.6. The molecule has 0 nitrogen and oxygen atoms in total. The van der Waals surface area contributed by atoms with E-state index in [1.807, 2.05) is 0 Å². The molecule has 2 aromatic carbocycles. The molecule has 1 aliphatic heterocycles. The lowest BCUT2D eigenvalue weighted by Crippen LogP contribution is -2.22. The summed E-state index contributed by atoms with van der Waals surface area (Å²) in [5.74, 6) is 0. The minimum atomic E-state index is -1.83. The average molecular weight is 365 g/mol. The summed E-state index contributed by atoms with van der Waals surface area (Å²) in [6.45, 7) is 8.07. The van der Waals surface area contributed by atoms with E-state index in [0.717, 1.165) is 0 Å². The molecule has 22 heavy (non-hydrogen) atoms. The number of hydrogen-bond acceptors (Lipinski definition) is 1. The van der Waals surface area contributed by atoms with Gasteiger partial charge in [-0.1, -0.05) is 24.4 Å². The van der Waals surface area contributed by atoms with E-state index in [0.29, 0.717) is 11.3 Å². The third-order valence-corrected chi connectivity index (χ3v) is 25.0. The highest BCUT2D eigenvalue weighted by molar-refractivity contribution is 8.92. The van der Waals surface area contributed by atoms with Gasteiger partial charge in [0.15, 0.2) is 4.93 Å². The van der Waals surface area contributed by atoms with Crippen molar-refractivity contribution < 1.29 is 0 Å². The van der Waals surface area contributed by atoms with Gasteiger partial charge in [0.2, 0.25) is 0 Å². The summed E-state index contributed by atoms with van der Waals surface area (Å²) in [6, 6.07) is 9.52. The van der Waals surface area contributed by atoms with E-state index >= 15 is 0 Å². The zero-order chi connectivity index (χ0) is 15.9.